The predicted molar refractivity (Wildman–Crippen MR) is 106 cm³/mol. The SMILES string of the molecule is CCN1C=C/C(=C\c2ccc3ccccc3[n+]2CC)c2ccccc21. The summed E-state index contributed by atoms with van der Waals surface area (Å²) in [7, 11) is 0. The highest BCUT2D eigenvalue weighted by Gasteiger charge is 2.17. The van der Waals surface area contributed by atoms with Crippen molar-refractivity contribution in [2.75, 3.05) is 11.4 Å². The Morgan fingerprint density at radius 2 is 1.72 bits per heavy atom. The van der Waals surface area contributed by atoms with E-state index < -0.39 is 0 Å². The molecule has 0 bridgehead atoms. The number of anilines is 1. The fraction of sp³-hybridized carbons (Fsp3) is 0.174. The summed E-state index contributed by atoms with van der Waals surface area (Å²) in [5.41, 5.74) is 6.35. The van der Waals surface area contributed by atoms with Gasteiger partial charge in [0.1, 0.15) is 6.54 Å². The summed E-state index contributed by atoms with van der Waals surface area (Å²) in [6.07, 6.45) is 6.71. The highest BCUT2D eigenvalue weighted by atomic mass is 15.1. The summed E-state index contributed by atoms with van der Waals surface area (Å²) >= 11 is 0. The largest absolute Gasteiger partial charge is 0.348 e. The highest BCUT2D eigenvalue weighted by Crippen LogP contribution is 2.33. The zero-order chi connectivity index (χ0) is 17.2. The summed E-state index contributed by atoms with van der Waals surface area (Å²) in [4.78, 5) is 2.29. The molecule has 1 aliphatic rings. The molecule has 2 aromatic carbocycles. The first kappa shape index (κ1) is 15.6. The van der Waals surface area contributed by atoms with Crippen LogP contribution in [0.25, 0.3) is 22.6 Å². The number of hydrogen-bond donors (Lipinski definition) is 0. The first-order valence-electron chi connectivity index (χ1n) is 8.99. The molecule has 0 fully saturated rings. The van der Waals surface area contributed by atoms with Crippen molar-refractivity contribution >= 4 is 28.2 Å². The summed E-state index contributed by atoms with van der Waals surface area (Å²) < 4.78 is 2.38. The van der Waals surface area contributed by atoms with E-state index in [0.29, 0.717) is 0 Å². The monoisotopic (exact) mass is 327 g/mol. The number of fused-ring (bicyclic) bond motifs is 2. The number of pyridine rings is 1. The van der Waals surface area contributed by atoms with Crippen LogP contribution in [0.3, 0.4) is 0 Å². The second-order valence-corrected chi connectivity index (χ2v) is 6.28. The van der Waals surface area contributed by atoms with E-state index in [0.717, 1.165) is 13.1 Å². The zero-order valence-electron chi connectivity index (χ0n) is 14.8. The average molecular weight is 327 g/mol. The van der Waals surface area contributed by atoms with Crippen LogP contribution < -0.4 is 9.47 Å². The van der Waals surface area contributed by atoms with E-state index >= 15 is 0 Å². The molecule has 1 aliphatic heterocycles. The van der Waals surface area contributed by atoms with Gasteiger partial charge < -0.3 is 4.90 Å². The van der Waals surface area contributed by atoms with Crippen LogP contribution in [0.2, 0.25) is 0 Å². The molecule has 0 radical (unpaired) electrons. The van der Waals surface area contributed by atoms with Gasteiger partial charge in [0.2, 0.25) is 11.2 Å². The number of nitrogens with zero attached hydrogens (tertiary/aromatic N) is 2. The van der Waals surface area contributed by atoms with Crippen LogP contribution in [-0.2, 0) is 6.54 Å². The van der Waals surface area contributed by atoms with Gasteiger partial charge in [0.15, 0.2) is 0 Å². The number of aromatic nitrogens is 1. The maximum absolute atomic E-state index is 2.38. The molecule has 0 unspecified atom stereocenters. The summed E-state index contributed by atoms with van der Waals surface area (Å²) in [5, 5.41) is 1.28. The van der Waals surface area contributed by atoms with Crippen molar-refractivity contribution in [1.82, 2.24) is 0 Å². The molecule has 2 nitrogen and oxygen atoms in total. The Morgan fingerprint density at radius 3 is 2.56 bits per heavy atom. The summed E-state index contributed by atoms with van der Waals surface area (Å²) in [5.74, 6) is 0. The fourth-order valence-electron chi connectivity index (χ4n) is 3.63. The maximum Gasteiger partial charge on any atom is 0.212 e. The molecular formula is C23H23N2+. The normalized spacial score (nSPS) is 15.0. The standard InChI is InChI=1S/C23H23N2/c1-3-24-16-15-19(21-10-6-8-12-23(21)24)17-20-14-13-18-9-5-7-11-22(18)25(20)4-2/h5-17H,3-4H2,1-2H3/q+1. The molecule has 0 saturated heterocycles. The number of allylic oxidation sites excluding steroid dienone is 2. The van der Waals surface area contributed by atoms with Crippen LogP contribution in [-0.4, -0.2) is 6.54 Å². The second kappa shape index (κ2) is 6.56. The van der Waals surface area contributed by atoms with Gasteiger partial charge in [-0.3, -0.25) is 0 Å². The van der Waals surface area contributed by atoms with Crippen LogP contribution in [0, 0.1) is 0 Å². The van der Waals surface area contributed by atoms with Crippen LogP contribution in [0.15, 0.2) is 72.9 Å². The Kier molecular flexibility index (Phi) is 4.10. The Morgan fingerprint density at radius 1 is 0.920 bits per heavy atom. The fourth-order valence-corrected chi connectivity index (χ4v) is 3.63. The molecule has 0 spiro atoms. The van der Waals surface area contributed by atoms with Gasteiger partial charge in [-0.25, -0.2) is 0 Å². The van der Waals surface area contributed by atoms with E-state index in [1.165, 1.54) is 33.4 Å². The molecule has 25 heavy (non-hydrogen) atoms. The van der Waals surface area contributed by atoms with Gasteiger partial charge >= 0.3 is 0 Å². The molecule has 1 aromatic heterocycles. The van der Waals surface area contributed by atoms with Crippen LogP contribution in [0.1, 0.15) is 25.1 Å². The molecule has 4 rings (SSSR count). The van der Waals surface area contributed by atoms with Crippen LogP contribution >= 0.6 is 0 Å². The van der Waals surface area contributed by atoms with E-state index in [-0.39, 0.29) is 0 Å². The van der Waals surface area contributed by atoms with Crippen molar-refractivity contribution in [3.8, 4) is 0 Å². The van der Waals surface area contributed by atoms with Gasteiger partial charge in [-0.1, -0.05) is 30.3 Å². The first-order chi connectivity index (χ1) is 12.3. The number of aryl methyl sites for hydroxylation is 1. The third-order valence-corrected chi connectivity index (χ3v) is 4.89. The lowest BCUT2D eigenvalue weighted by Crippen LogP contribution is -2.36. The van der Waals surface area contributed by atoms with Crippen molar-refractivity contribution in [2.45, 2.75) is 20.4 Å². The molecule has 2 heteroatoms. The minimum Gasteiger partial charge on any atom is -0.348 e. The van der Waals surface area contributed by atoms with E-state index in [2.05, 4.69) is 102 Å². The Labute approximate surface area is 149 Å². The van der Waals surface area contributed by atoms with Gasteiger partial charge in [0, 0.05) is 47.6 Å². The molecule has 0 N–H and O–H groups in total. The smallest absolute Gasteiger partial charge is 0.212 e. The molecule has 0 aliphatic carbocycles. The maximum atomic E-state index is 2.38. The number of benzene rings is 2. The first-order valence-corrected chi connectivity index (χ1v) is 8.99. The van der Waals surface area contributed by atoms with Crippen molar-refractivity contribution in [2.24, 2.45) is 0 Å². The van der Waals surface area contributed by atoms with Gasteiger partial charge in [-0.2, -0.15) is 4.57 Å². The molecule has 124 valence electrons. The molecule has 3 aromatic rings. The van der Waals surface area contributed by atoms with Gasteiger partial charge in [0.25, 0.3) is 0 Å². The Bertz CT molecular complexity index is 982. The van der Waals surface area contributed by atoms with Gasteiger partial charge in [-0.05, 0) is 43.7 Å². The third kappa shape index (κ3) is 2.74. The van der Waals surface area contributed by atoms with Gasteiger partial charge in [0.05, 0.1) is 0 Å². The molecule has 0 saturated carbocycles. The lowest BCUT2D eigenvalue weighted by Gasteiger charge is -2.26. The number of rotatable bonds is 3. The second-order valence-electron chi connectivity index (χ2n) is 6.28. The van der Waals surface area contributed by atoms with Crippen molar-refractivity contribution in [3.63, 3.8) is 0 Å². The van der Waals surface area contributed by atoms with E-state index in [1.54, 1.807) is 0 Å². The van der Waals surface area contributed by atoms with Crippen molar-refractivity contribution < 1.29 is 4.57 Å². The van der Waals surface area contributed by atoms with Crippen LogP contribution in [0.5, 0.6) is 0 Å². The molecule has 2 heterocycles. The summed E-state index contributed by atoms with van der Waals surface area (Å²) in [6, 6.07) is 21.7. The lowest BCUT2D eigenvalue weighted by molar-refractivity contribution is -0.669. The minimum absolute atomic E-state index is 0.951. The summed E-state index contributed by atoms with van der Waals surface area (Å²) in [6.45, 7) is 6.32. The predicted octanol–water partition coefficient (Wildman–Crippen LogP) is 5.04. The quantitative estimate of drug-likeness (QED) is 0.611. The van der Waals surface area contributed by atoms with E-state index in [9.17, 15) is 0 Å². The molecule has 0 amide bonds. The Balaban J connectivity index is 1.88. The minimum atomic E-state index is 0.951. The zero-order valence-corrected chi connectivity index (χ0v) is 14.8. The van der Waals surface area contributed by atoms with E-state index in [4.69, 9.17) is 0 Å². The topological polar surface area (TPSA) is 7.12 Å². The van der Waals surface area contributed by atoms with E-state index in [1.807, 2.05) is 0 Å². The number of hydrogen-bond acceptors (Lipinski definition) is 1. The lowest BCUT2D eigenvalue weighted by atomic mass is 9.98. The van der Waals surface area contributed by atoms with Crippen molar-refractivity contribution in [3.05, 3.63) is 84.2 Å². The average Bonchev–Trinajstić information content (AvgIpc) is 2.68. The molecule has 0 atom stereocenters. The van der Waals surface area contributed by atoms with Gasteiger partial charge in [-0.15, -0.1) is 0 Å². The third-order valence-electron chi connectivity index (χ3n) is 4.89. The van der Waals surface area contributed by atoms with Crippen molar-refractivity contribution in [1.29, 1.82) is 0 Å². The Hall–Kier alpha value is -2.87. The van der Waals surface area contributed by atoms with Crippen LogP contribution in [0.4, 0.5) is 5.69 Å². The highest BCUT2D eigenvalue weighted by molar-refractivity contribution is 5.94. The molecular weight excluding hydrogens is 304 g/mol. The number of para-hydroxylation sites is 2.